The minimum Gasteiger partial charge on any atom is -0.398 e. The molecule has 1 aliphatic rings. The second-order valence-electron chi connectivity index (χ2n) is 4.89. The van der Waals surface area contributed by atoms with E-state index in [2.05, 4.69) is 11.6 Å². The minimum absolute atomic E-state index is 0.000807. The lowest BCUT2D eigenvalue weighted by Gasteiger charge is -2.15. The summed E-state index contributed by atoms with van der Waals surface area (Å²) in [5.74, 6) is 1.06. The normalized spacial score (nSPS) is 23.1. The number of hydrogen-bond donors (Lipinski definition) is 2. The van der Waals surface area contributed by atoms with E-state index >= 15 is 0 Å². The van der Waals surface area contributed by atoms with Crippen LogP contribution in [0.15, 0.2) is 23.1 Å². The van der Waals surface area contributed by atoms with Crippen LogP contribution in [0, 0.1) is 0 Å². The first-order chi connectivity index (χ1) is 9.42. The molecule has 112 valence electrons. The summed E-state index contributed by atoms with van der Waals surface area (Å²) in [5.41, 5.74) is 5.93. The molecule has 0 amide bonds. The Labute approximate surface area is 129 Å². The van der Waals surface area contributed by atoms with Gasteiger partial charge >= 0.3 is 0 Å². The molecule has 2 unspecified atom stereocenters. The van der Waals surface area contributed by atoms with Crippen LogP contribution in [0.3, 0.4) is 0 Å². The highest BCUT2D eigenvalue weighted by molar-refractivity contribution is 7.99. The molecule has 0 aliphatic heterocycles. The molecule has 0 aromatic heterocycles. The third kappa shape index (κ3) is 3.81. The topological polar surface area (TPSA) is 72.2 Å². The number of benzene rings is 1. The number of sulfonamides is 1. The van der Waals surface area contributed by atoms with Gasteiger partial charge in [0, 0.05) is 16.3 Å². The van der Waals surface area contributed by atoms with Crippen molar-refractivity contribution in [2.75, 3.05) is 11.5 Å². The van der Waals surface area contributed by atoms with Crippen molar-refractivity contribution in [3.63, 3.8) is 0 Å². The van der Waals surface area contributed by atoms with Crippen molar-refractivity contribution in [1.82, 2.24) is 4.72 Å². The van der Waals surface area contributed by atoms with E-state index in [9.17, 15) is 8.42 Å². The molecule has 0 spiro atoms. The number of nitrogens with one attached hydrogen (secondary N) is 1. The van der Waals surface area contributed by atoms with Crippen molar-refractivity contribution in [1.29, 1.82) is 0 Å². The molecule has 1 aromatic rings. The van der Waals surface area contributed by atoms with Gasteiger partial charge in [-0.05, 0) is 43.2 Å². The average Bonchev–Trinajstić information content (AvgIpc) is 2.75. The number of rotatable bonds is 5. The van der Waals surface area contributed by atoms with Gasteiger partial charge in [0.1, 0.15) is 4.90 Å². The van der Waals surface area contributed by atoms with Gasteiger partial charge in [0.2, 0.25) is 10.0 Å². The maximum absolute atomic E-state index is 12.3. The van der Waals surface area contributed by atoms with Crippen LogP contribution in [0.4, 0.5) is 5.69 Å². The van der Waals surface area contributed by atoms with Gasteiger partial charge in [0.05, 0.1) is 5.69 Å². The van der Waals surface area contributed by atoms with Crippen molar-refractivity contribution < 1.29 is 8.42 Å². The SMILES string of the molecule is CCSC1CCC(NS(=O)(=O)c2ccc(Cl)cc2N)C1. The molecule has 1 saturated carbocycles. The zero-order chi connectivity index (χ0) is 14.8. The molecule has 2 atom stereocenters. The molecule has 3 N–H and O–H groups in total. The highest BCUT2D eigenvalue weighted by Gasteiger charge is 2.29. The van der Waals surface area contributed by atoms with Crippen LogP contribution in [0.5, 0.6) is 0 Å². The molecule has 0 radical (unpaired) electrons. The Balaban J connectivity index is 2.08. The van der Waals surface area contributed by atoms with Crippen molar-refractivity contribution in [2.24, 2.45) is 0 Å². The summed E-state index contributed by atoms with van der Waals surface area (Å²) in [4.78, 5) is 0.105. The summed E-state index contributed by atoms with van der Waals surface area (Å²) in [6, 6.07) is 4.45. The number of anilines is 1. The summed E-state index contributed by atoms with van der Waals surface area (Å²) in [5, 5.41) is 0.983. The molecular weight excluding hydrogens is 316 g/mol. The number of thioether (sulfide) groups is 1. The number of halogens is 1. The molecule has 0 bridgehead atoms. The van der Waals surface area contributed by atoms with E-state index in [4.69, 9.17) is 17.3 Å². The van der Waals surface area contributed by atoms with Crippen LogP contribution in [0.1, 0.15) is 26.2 Å². The second-order valence-corrected chi connectivity index (χ2v) is 8.59. The van der Waals surface area contributed by atoms with Crippen molar-refractivity contribution in [2.45, 2.75) is 42.4 Å². The van der Waals surface area contributed by atoms with E-state index in [0.717, 1.165) is 25.0 Å². The second kappa shape index (κ2) is 6.56. The van der Waals surface area contributed by atoms with Gasteiger partial charge in [-0.3, -0.25) is 0 Å². The van der Waals surface area contributed by atoms with E-state index in [-0.39, 0.29) is 16.6 Å². The first-order valence-electron chi connectivity index (χ1n) is 6.61. The largest absolute Gasteiger partial charge is 0.398 e. The predicted octanol–water partition coefficient (Wildman–Crippen LogP) is 2.87. The lowest BCUT2D eigenvalue weighted by atomic mass is 10.3. The Morgan fingerprint density at radius 3 is 2.85 bits per heavy atom. The molecule has 7 heteroatoms. The molecule has 20 heavy (non-hydrogen) atoms. The highest BCUT2D eigenvalue weighted by Crippen LogP contribution is 2.31. The standard InChI is InChI=1S/C13H19ClN2O2S2/c1-2-19-11-5-4-10(8-11)16-20(17,18)13-6-3-9(14)7-12(13)15/h3,6-7,10-11,16H,2,4-5,8,15H2,1H3. The predicted molar refractivity (Wildman–Crippen MR) is 85.7 cm³/mol. The maximum atomic E-state index is 12.3. The van der Waals surface area contributed by atoms with E-state index in [1.807, 2.05) is 11.8 Å². The average molecular weight is 335 g/mol. The summed E-state index contributed by atoms with van der Waals surface area (Å²) in [6.45, 7) is 2.12. The van der Waals surface area contributed by atoms with Crippen LogP contribution in [0.2, 0.25) is 5.02 Å². The van der Waals surface area contributed by atoms with Gasteiger partial charge in [-0.25, -0.2) is 13.1 Å². The number of hydrogen-bond acceptors (Lipinski definition) is 4. The first kappa shape index (κ1) is 15.9. The van der Waals surface area contributed by atoms with Crippen molar-refractivity contribution >= 4 is 39.1 Å². The molecule has 1 fully saturated rings. The Hall–Kier alpha value is -0.430. The van der Waals surface area contributed by atoms with E-state index in [0.29, 0.717) is 10.3 Å². The Bertz CT molecular complexity index is 578. The monoisotopic (exact) mass is 334 g/mol. The van der Waals surface area contributed by atoms with Gasteiger partial charge in [0.25, 0.3) is 0 Å². The lowest BCUT2D eigenvalue weighted by molar-refractivity contribution is 0.553. The smallest absolute Gasteiger partial charge is 0.242 e. The van der Waals surface area contributed by atoms with Crippen LogP contribution < -0.4 is 10.5 Å². The fourth-order valence-electron chi connectivity index (χ4n) is 2.48. The van der Waals surface area contributed by atoms with Gasteiger partial charge in [-0.2, -0.15) is 11.8 Å². The highest BCUT2D eigenvalue weighted by atomic mass is 35.5. The quantitative estimate of drug-likeness (QED) is 0.812. The first-order valence-corrected chi connectivity index (χ1v) is 9.52. The van der Waals surface area contributed by atoms with Gasteiger partial charge in [0.15, 0.2) is 0 Å². The lowest BCUT2D eigenvalue weighted by Crippen LogP contribution is -2.33. The Morgan fingerprint density at radius 2 is 2.20 bits per heavy atom. The zero-order valence-electron chi connectivity index (χ0n) is 11.3. The molecular formula is C13H19ClN2O2S2. The molecule has 4 nitrogen and oxygen atoms in total. The molecule has 1 aromatic carbocycles. The summed E-state index contributed by atoms with van der Waals surface area (Å²) < 4.78 is 27.4. The van der Waals surface area contributed by atoms with Crippen LogP contribution in [-0.4, -0.2) is 25.5 Å². The van der Waals surface area contributed by atoms with Crippen molar-refractivity contribution in [3.8, 4) is 0 Å². The number of nitrogen functional groups attached to an aromatic ring is 1. The van der Waals surface area contributed by atoms with Gasteiger partial charge in [-0.15, -0.1) is 0 Å². The molecule has 0 saturated heterocycles. The third-order valence-electron chi connectivity index (χ3n) is 3.37. The Morgan fingerprint density at radius 1 is 1.45 bits per heavy atom. The zero-order valence-corrected chi connectivity index (χ0v) is 13.7. The van der Waals surface area contributed by atoms with E-state index < -0.39 is 10.0 Å². The van der Waals surface area contributed by atoms with Crippen LogP contribution in [0.25, 0.3) is 0 Å². The Kier molecular flexibility index (Phi) is 5.23. The number of nitrogens with two attached hydrogens (primary N) is 1. The summed E-state index contributed by atoms with van der Waals surface area (Å²) >= 11 is 7.69. The fraction of sp³-hybridized carbons (Fsp3) is 0.538. The van der Waals surface area contributed by atoms with Gasteiger partial charge < -0.3 is 5.73 Å². The fourth-order valence-corrected chi connectivity index (χ4v) is 5.20. The van der Waals surface area contributed by atoms with Crippen LogP contribution >= 0.6 is 23.4 Å². The summed E-state index contributed by atoms with van der Waals surface area (Å²) in [6.07, 6.45) is 2.82. The van der Waals surface area contributed by atoms with E-state index in [1.54, 1.807) is 0 Å². The van der Waals surface area contributed by atoms with Gasteiger partial charge in [-0.1, -0.05) is 18.5 Å². The minimum atomic E-state index is -3.57. The van der Waals surface area contributed by atoms with Crippen LogP contribution in [-0.2, 0) is 10.0 Å². The van der Waals surface area contributed by atoms with Crippen molar-refractivity contribution in [3.05, 3.63) is 23.2 Å². The molecule has 1 aliphatic carbocycles. The van der Waals surface area contributed by atoms with E-state index in [1.165, 1.54) is 18.2 Å². The third-order valence-corrected chi connectivity index (χ3v) is 6.43. The molecule has 2 rings (SSSR count). The molecule has 0 heterocycles. The maximum Gasteiger partial charge on any atom is 0.242 e. The summed E-state index contributed by atoms with van der Waals surface area (Å²) in [7, 11) is -3.57.